The average Bonchev–Trinajstić information content (AvgIpc) is 2.32. The largest absolute Gasteiger partial charge is 0.354 e. The van der Waals surface area contributed by atoms with E-state index in [-0.39, 0.29) is 0 Å². The third-order valence-electron chi connectivity index (χ3n) is 3.48. The van der Waals surface area contributed by atoms with Crippen molar-refractivity contribution in [1.29, 1.82) is 0 Å². The van der Waals surface area contributed by atoms with Gasteiger partial charge in [0.2, 0.25) is 0 Å². The molecule has 0 aromatic carbocycles. The molecule has 1 fully saturated rings. The SMILES string of the molecule is CCCc1nc(C)nc2c1SC1CCCN2C1. The van der Waals surface area contributed by atoms with Crippen molar-refractivity contribution in [3.63, 3.8) is 0 Å². The van der Waals surface area contributed by atoms with E-state index in [1.165, 1.54) is 42.3 Å². The summed E-state index contributed by atoms with van der Waals surface area (Å²) in [5.41, 5.74) is 1.27. The fourth-order valence-electron chi connectivity index (χ4n) is 2.74. The molecule has 2 aliphatic heterocycles. The van der Waals surface area contributed by atoms with E-state index in [0.29, 0.717) is 0 Å². The van der Waals surface area contributed by atoms with Gasteiger partial charge in [-0.25, -0.2) is 9.97 Å². The number of rotatable bonds is 2. The van der Waals surface area contributed by atoms with Crippen LogP contribution in [0.5, 0.6) is 0 Å². The van der Waals surface area contributed by atoms with Crippen molar-refractivity contribution in [1.82, 2.24) is 9.97 Å². The molecule has 1 atom stereocenters. The van der Waals surface area contributed by atoms with Crippen LogP contribution in [0.25, 0.3) is 0 Å². The first-order chi connectivity index (χ1) is 8.28. The normalized spacial score (nSPS) is 22.5. The lowest BCUT2D eigenvalue weighted by atomic mass is 10.1. The van der Waals surface area contributed by atoms with Gasteiger partial charge in [-0.15, -0.1) is 11.8 Å². The van der Waals surface area contributed by atoms with Crippen LogP contribution in [-0.4, -0.2) is 28.3 Å². The monoisotopic (exact) mass is 249 g/mol. The molecule has 3 rings (SSSR count). The molecule has 1 aromatic rings. The molecule has 1 saturated heterocycles. The van der Waals surface area contributed by atoms with E-state index >= 15 is 0 Å². The lowest BCUT2D eigenvalue weighted by Crippen LogP contribution is -2.41. The minimum atomic E-state index is 0.762. The van der Waals surface area contributed by atoms with E-state index < -0.39 is 0 Å². The zero-order valence-corrected chi connectivity index (χ0v) is 11.4. The van der Waals surface area contributed by atoms with Crippen molar-refractivity contribution in [3.8, 4) is 0 Å². The quantitative estimate of drug-likeness (QED) is 0.806. The topological polar surface area (TPSA) is 29.0 Å². The maximum Gasteiger partial charge on any atom is 0.146 e. The van der Waals surface area contributed by atoms with Gasteiger partial charge in [-0.1, -0.05) is 13.3 Å². The lowest BCUT2D eigenvalue weighted by Gasteiger charge is -2.39. The van der Waals surface area contributed by atoms with Gasteiger partial charge in [0.1, 0.15) is 11.6 Å². The predicted octanol–water partition coefficient (Wildman–Crippen LogP) is 2.81. The summed E-state index contributed by atoms with van der Waals surface area (Å²) in [5, 5.41) is 0.762. The number of aromatic nitrogens is 2. The molecule has 2 aliphatic rings. The summed E-state index contributed by atoms with van der Waals surface area (Å²) < 4.78 is 0. The number of hydrogen-bond donors (Lipinski definition) is 0. The third-order valence-corrected chi connectivity index (χ3v) is 4.85. The van der Waals surface area contributed by atoms with Crippen LogP contribution in [-0.2, 0) is 6.42 Å². The molecule has 2 bridgehead atoms. The fourth-order valence-corrected chi connectivity index (χ4v) is 4.18. The highest BCUT2D eigenvalue weighted by Crippen LogP contribution is 2.43. The number of nitrogens with zero attached hydrogens (tertiary/aromatic N) is 3. The zero-order chi connectivity index (χ0) is 11.8. The fraction of sp³-hybridized carbons (Fsp3) is 0.692. The number of piperidine rings is 1. The summed E-state index contributed by atoms with van der Waals surface area (Å²) in [5.74, 6) is 2.14. The Morgan fingerprint density at radius 2 is 2.29 bits per heavy atom. The van der Waals surface area contributed by atoms with Gasteiger partial charge in [0.05, 0.1) is 10.6 Å². The smallest absolute Gasteiger partial charge is 0.146 e. The molecule has 0 radical (unpaired) electrons. The van der Waals surface area contributed by atoms with Gasteiger partial charge >= 0.3 is 0 Å². The van der Waals surface area contributed by atoms with Gasteiger partial charge in [-0.2, -0.15) is 0 Å². The highest BCUT2D eigenvalue weighted by molar-refractivity contribution is 8.00. The molecular weight excluding hydrogens is 230 g/mol. The first kappa shape index (κ1) is 11.3. The van der Waals surface area contributed by atoms with Crippen molar-refractivity contribution >= 4 is 17.6 Å². The van der Waals surface area contributed by atoms with Crippen molar-refractivity contribution in [2.45, 2.75) is 49.7 Å². The number of fused-ring (bicyclic) bond motifs is 4. The summed E-state index contributed by atoms with van der Waals surface area (Å²) in [6.07, 6.45) is 4.90. The summed E-state index contributed by atoms with van der Waals surface area (Å²) in [4.78, 5) is 13.2. The summed E-state index contributed by atoms with van der Waals surface area (Å²) in [7, 11) is 0. The second-order valence-electron chi connectivity index (χ2n) is 4.95. The van der Waals surface area contributed by atoms with Crippen LogP contribution < -0.4 is 4.90 Å². The van der Waals surface area contributed by atoms with Crippen LogP contribution >= 0.6 is 11.8 Å². The van der Waals surface area contributed by atoms with E-state index in [9.17, 15) is 0 Å². The first-order valence-electron chi connectivity index (χ1n) is 6.57. The van der Waals surface area contributed by atoms with Crippen LogP contribution in [0.2, 0.25) is 0 Å². The third kappa shape index (κ3) is 2.03. The van der Waals surface area contributed by atoms with Crippen molar-refractivity contribution in [2.75, 3.05) is 18.0 Å². The zero-order valence-electron chi connectivity index (χ0n) is 10.6. The van der Waals surface area contributed by atoms with Gasteiger partial charge in [0.15, 0.2) is 0 Å². The number of aryl methyl sites for hydroxylation is 2. The molecule has 17 heavy (non-hydrogen) atoms. The van der Waals surface area contributed by atoms with Gasteiger partial charge in [-0.05, 0) is 26.2 Å². The van der Waals surface area contributed by atoms with Gasteiger partial charge < -0.3 is 4.90 Å². The molecular formula is C13H19N3S. The highest BCUT2D eigenvalue weighted by atomic mass is 32.2. The molecule has 0 spiro atoms. The standard InChI is InChI=1S/C13H19N3S/c1-3-5-11-12-13(15-9(2)14-11)16-7-4-6-10(8-16)17-12/h10H,3-8H2,1-2H3. The summed E-state index contributed by atoms with van der Waals surface area (Å²) in [6, 6.07) is 0. The lowest BCUT2D eigenvalue weighted by molar-refractivity contribution is 0.569. The molecule has 4 heteroatoms. The van der Waals surface area contributed by atoms with E-state index in [1.54, 1.807) is 0 Å². The molecule has 0 saturated carbocycles. The Morgan fingerprint density at radius 1 is 1.41 bits per heavy atom. The number of thioether (sulfide) groups is 1. The minimum Gasteiger partial charge on any atom is -0.354 e. The average molecular weight is 249 g/mol. The summed E-state index contributed by atoms with van der Waals surface area (Å²) in [6.45, 7) is 6.59. The van der Waals surface area contributed by atoms with Gasteiger partial charge in [0.25, 0.3) is 0 Å². The maximum absolute atomic E-state index is 4.67. The Morgan fingerprint density at radius 3 is 3.12 bits per heavy atom. The molecule has 3 heterocycles. The second kappa shape index (κ2) is 4.48. The highest BCUT2D eigenvalue weighted by Gasteiger charge is 2.31. The molecule has 1 unspecified atom stereocenters. The maximum atomic E-state index is 4.67. The molecule has 92 valence electrons. The second-order valence-corrected chi connectivity index (χ2v) is 6.26. The van der Waals surface area contributed by atoms with E-state index in [4.69, 9.17) is 0 Å². The van der Waals surface area contributed by atoms with Crippen molar-refractivity contribution < 1.29 is 0 Å². The molecule has 0 amide bonds. The number of hydrogen-bond acceptors (Lipinski definition) is 4. The van der Waals surface area contributed by atoms with Crippen molar-refractivity contribution in [2.24, 2.45) is 0 Å². The Labute approximate surface area is 107 Å². The molecule has 1 aromatic heterocycles. The Balaban J connectivity index is 2.06. The van der Waals surface area contributed by atoms with Gasteiger partial charge in [0, 0.05) is 18.3 Å². The molecule has 3 nitrogen and oxygen atoms in total. The molecule has 0 N–H and O–H groups in total. The minimum absolute atomic E-state index is 0.762. The summed E-state index contributed by atoms with van der Waals surface area (Å²) >= 11 is 2.02. The Bertz CT molecular complexity index is 433. The first-order valence-corrected chi connectivity index (χ1v) is 7.45. The van der Waals surface area contributed by atoms with E-state index in [2.05, 4.69) is 21.8 Å². The Kier molecular flexibility index (Phi) is 2.99. The van der Waals surface area contributed by atoms with E-state index in [0.717, 1.165) is 23.9 Å². The van der Waals surface area contributed by atoms with Crippen LogP contribution in [0.4, 0.5) is 5.82 Å². The van der Waals surface area contributed by atoms with E-state index in [1.807, 2.05) is 18.7 Å². The van der Waals surface area contributed by atoms with Crippen LogP contribution in [0, 0.1) is 6.92 Å². The van der Waals surface area contributed by atoms with Crippen LogP contribution in [0.1, 0.15) is 37.7 Å². The Hall–Kier alpha value is -0.770. The van der Waals surface area contributed by atoms with Gasteiger partial charge in [-0.3, -0.25) is 0 Å². The number of anilines is 1. The molecule has 0 aliphatic carbocycles. The van der Waals surface area contributed by atoms with Crippen LogP contribution in [0.15, 0.2) is 4.90 Å². The van der Waals surface area contributed by atoms with Crippen LogP contribution in [0.3, 0.4) is 0 Å². The predicted molar refractivity (Wildman–Crippen MR) is 71.9 cm³/mol. The van der Waals surface area contributed by atoms with Crippen molar-refractivity contribution in [3.05, 3.63) is 11.5 Å².